The fourth-order valence-electron chi connectivity index (χ4n) is 2.54. The lowest BCUT2D eigenvalue weighted by molar-refractivity contribution is -0.385. The lowest BCUT2D eigenvalue weighted by atomic mass is 10.0. The molecule has 1 aromatic rings. The predicted octanol–water partition coefficient (Wildman–Crippen LogP) is 3.28. The van der Waals surface area contributed by atoms with Crippen LogP contribution in [0, 0.1) is 17.0 Å². The standard InChI is InChI=1S/C16H27N3O2/c1-6-18(7-2)11-13(4)17-14(5)15-9-8-12(3)16(10-15)19(20)21/h8-10,13-14,17H,6-7,11H2,1-5H3. The van der Waals surface area contributed by atoms with Gasteiger partial charge in [0.2, 0.25) is 0 Å². The molecule has 1 N–H and O–H groups in total. The highest BCUT2D eigenvalue weighted by molar-refractivity contribution is 5.43. The zero-order chi connectivity index (χ0) is 16.0. The van der Waals surface area contributed by atoms with E-state index < -0.39 is 0 Å². The third kappa shape index (κ3) is 5.10. The van der Waals surface area contributed by atoms with Crippen molar-refractivity contribution in [2.45, 2.75) is 46.7 Å². The molecule has 0 aliphatic carbocycles. The minimum atomic E-state index is -0.315. The van der Waals surface area contributed by atoms with E-state index in [1.54, 1.807) is 13.0 Å². The van der Waals surface area contributed by atoms with Crippen molar-refractivity contribution in [2.75, 3.05) is 19.6 Å². The van der Waals surface area contributed by atoms with Crippen molar-refractivity contribution < 1.29 is 4.92 Å². The Kier molecular flexibility index (Phi) is 6.78. The third-order valence-electron chi connectivity index (χ3n) is 3.89. The van der Waals surface area contributed by atoms with Crippen LogP contribution in [0.2, 0.25) is 0 Å². The summed E-state index contributed by atoms with van der Waals surface area (Å²) in [6, 6.07) is 5.89. The molecule has 5 nitrogen and oxygen atoms in total. The first-order valence-electron chi connectivity index (χ1n) is 7.62. The molecule has 0 radical (unpaired) electrons. The average Bonchev–Trinajstić information content (AvgIpc) is 2.44. The molecule has 21 heavy (non-hydrogen) atoms. The highest BCUT2D eigenvalue weighted by atomic mass is 16.6. The summed E-state index contributed by atoms with van der Waals surface area (Å²) in [5, 5.41) is 14.5. The summed E-state index contributed by atoms with van der Waals surface area (Å²) in [7, 11) is 0. The third-order valence-corrected chi connectivity index (χ3v) is 3.89. The first kappa shape index (κ1) is 17.6. The molecule has 0 spiro atoms. The first-order chi connectivity index (χ1) is 9.88. The molecular weight excluding hydrogens is 266 g/mol. The maximum atomic E-state index is 11.0. The van der Waals surface area contributed by atoms with Crippen molar-refractivity contribution in [3.63, 3.8) is 0 Å². The Morgan fingerprint density at radius 1 is 1.29 bits per heavy atom. The molecule has 0 heterocycles. The van der Waals surface area contributed by atoms with E-state index >= 15 is 0 Å². The van der Waals surface area contributed by atoms with Gasteiger partial charge in [0.05, 0.1) is 4.92 Å². The molecular formula is C16H27N3O2. The van der Waals surface area contributed by atoms with Crippen LogP contribution in [-0.4, -0.2) is 35.5 Å². The maximum Gasteiger partial charge on any atom is 0.272 e. The second-order valence-corrected chi connectivity index (χ2v) is 5.58. The van der Waals surface area contributed by atoms with Gasteiger partial charge in [0, 0.05) is 30.3 Å². The van der Waals surface area contributed by atoms with Crippen molar-refractivity contribution in [1.29, 1.82) is 0 Å². The van der Waals surface area contributed by atoms with Gasteiger partial charge in [-0.2, -0.15) is 0 Å². The number of nitro groups is 1. The van der Waals surface area contributed by atoms with Crippen LogP contribution in [0.15, 0.2) is 18.2 Å². The number of hydrogen-bond donors (Lipinski definition) is 1. The summed E-state index contributed by atoms with van der Waals surface area (Å²) in [4.78, 5) is 13.1. The van der Waals surface area contributed by atoms with Crippen LogP contribution in [0.4, 0.5) is 5.69 Å². The summed E-state index contributed by atoms with van der Waals surface area (Å²) in [6.45, 7) is 13.3. The van der Waals surface area contributed by atoms with Crippen LogP contribution < -0.4 is 5.32 Å². The highest BCUT2D eigenvalue weighted by Crippen LogP contribution is 2.23. The lowest BCUT2D eigenvalue weighted by Crippen LogP contribution is -2.40. The number of likely N-dealkylation sites (N-methyl/N-ethyl adjacent to an activating group) is 1. The number of nitrogens with zero attached hydrogens (tertiary/aromatic N) is 2. The van der Waals surface area contributed by atoms with Crippen LogP contribution in [0.3, 0.4) is 0 Å². The van der Waals surface area contributed by atoms with Crippen molar-refractivity contribution in [1.82, 2.24) is 10.2 Å². The van der Waals surface area contributed by atoms with Crippen LogP contribution in [-0.2, 0) is 0 Å². The van der Waals surface area contributed by atoms with Crippen molar-refractivity contribution >= 4 is 5.69 Å². The van der Waals surface area contributed by atoms with E-state index in [2.05, 4.69) is 31.0 Å². The van der Waals surface area contributed by atoms with Crippen molar-refractivity contribution in [3.05, 3.63) is 39.4 Å². The Morgan fingerprint density at radius 3 is 2.43 bits per heavy atom. The molecule has 2 atom stereocenters. The molecule has 0 bridgehead atoms. The Hall–Kier alpha value is -1.46. The quantitative estimate of drug-likeness (QED) is 0.590. The van der Waals surface area contributed by atoms with E-state index in [0.29, 0.717) is 11.6 Å². The summed E-state index contributed by atoms with van der Waals surface area (Å²) in [5.74, 6) is 0. The highest BCUT2D eigenvalue weighted by Gasteiger charge is 2.16. The van der Waals surface area contributed by atoms with E-state index in [9.17, 15) is 10.1 Å². The fraction of sp³-hybridized carbons (Fsp3) is 0.625. The predicted molar refractivity (Wildman–Crippen MR) is 86.6 cm³/mol. The molecule has 5 heteroatoms. The summed E-state index contributed by atoms with van der Waals surface area (Å²) < 4.78 is 0. The largest absolute Gasteiger partial charge is 0.306 e. The monoisotopic (exact) mass is 293 g/mol. The Labute approximate surface area is 127 Å². The number of nitrogens with one attached hydrogen (secondary N) is 1. The molecule has 0 saturated carbocycles. The number of aryl methyl sites for hydroxylation is 1. The number of rotatable bonds is 8. The molecule has 0 saturated heterocycles. The zero-order valence-electron chi connectivity index (χ0n) is 13.7. The molecule has 0 aliphatic heterocycles. The van der Waals surface area contributed by atoms with E-state index in [1.165, 1.54) is 0 Å². The number of hydrogen-bond acceptors (Lipinski definition) is 4. The summed E-state index contributed by atoms with van der Waals surface area (Å²) in [5.41, 5.74) is 1.85. The van der Waals surface area contributed by atoms with Gasteiger partial charge in [0.25, 0.3) is 5.69 Å². The number of benzene rings is 1. The molecule has 1 aromatic carbocycles. The van der Waals surface area contributed by atoms with Gasteiger partial charge in [-0.05, 0) is 39.4 Å². The maximum absolute atomic E-state index is 11.0. The van der Waals surface area contributed by atoms with Gasteiger partial charge in [-0.25, -0.2) is 0 Å². The molecule has 0 fully saturated rings. The zero-order valence-corrected chi connectivity index (χ0v) is 13.7. The molecule has 0 amide bonds. The van der Waals surface area contributed by atoms with E-state index in [1.807, 2.05) is 19.1 Å². The second-order valence-electron chi connectivity index (χ2n) is 5.58. The first-order valence-corrected chi connectivity index (χ1v) is 7.62. The molecule has 1 rings (SSSR count). The smallest absolute Gasteiger partial charge is 0.272 e. The van der Waals surface area contributed by atoms with Gasteiger partial charge in [-0.15, -0.1) is 0 Å². The van der Waals surface area contributed by atoms with Crippen LogP contribution in [0.25, 0.3) is 0 Å². The Bertz CT molecular complexity index is 473. The van der Waals surface area contributed by atoms with Gasteiger partial charge >= 0.3 is 0 Å². The summed E-state index contributed by atoms with van der Waals surface area (Å²) in [6.07, 6.45) is 0. The normalized spacial score (nSPS) is 14.2. The van der Waals surface area contributed by atoms with Gasteiger partial charge in [0.1, 0.15) is 0 Å². The SMILES string of the molecule is CCN(CC)CC(C)NC(C)c1ccc(C)c([N+](=O)[O-])c1. The van der Waals surface area contributed by atoms with E-state index in [-0.39, 0.29) is 16.7 Å². The minimum Gasteiger partial charge on any atom is -0.306 e. The van der Waals surface area contributed by atoms with Crippen LogP contribution in [0.5, 0.6) is 0 Å². The fourth-order valence-corrected chi connectivity index (χ4v) is 2.54. The molecule has 0 aromatic heterocycles. The molecule has 0 aliphatic rings. The van der Waals surface area contributed by atoms with Gasteiger partial charge in [0.15, 0.2) is 0 Å². The number of nitro benzene ring substituents is 1. The van der Waals surface area contributed by atoms with Crippen molar-refractivity contribution in [3.8, 4) is 0 Å². The van der Waals surface area contributed by atoms with Crippen LogP contribution in [0.1, 0.15) is 44.9 Å². The van der Waals surface area contributed by atoms with E-state index in [0.717, 1.165) is 25.2 Å². The van der Waals surface area contributed by atoms with Gasteiger partial charge < -0.3 is 10.2 Å². The minimum absolute atomic E-state index is 0.0925. The lowest BCUT2D eigenvalue weighted by Gasteiger charge is -2.26. The average molecular weight is 293 g/mol. The molecule has 2 unspecified atom stereocenters. The van der Waals surface area contributed by atoms with Crippen molar-refractivity contribution in [2.24, 2.45) is 0 Å². The van der Waals surface area contributed by atoms with Gasteiger partial charge in [-0.3, -0.25) is 10.1 Å². The summed E-state index contributed by atoms with van der Waals surface area (Å²) >= 11 is 0. The second kappa shape index (κ2) is 8.10. The van der Waals surface area contributed by atoms with E-state index in [4.69, 9.17) is 0 Å². The molecule has 118 valence electrons. The Morgan fingerprint density at radius 2 is 1.90 bits per heavy atom. The Balaban J connectivity index is 2.73. The van der Waals surface area contributed by atoms with Gasteiger partial charge in [-0.1, -0.05) is 26.0 Å². The van der Waals surface area contributed by atoms with Crippen LogP contribution >= 0.6 is 0 Å². The topological polar surface area (TPSA) is 58.4 Å².